The predicted octanol–water partition coefficient (Wildman–Crippen LogP) is 10.9. The number of carbonyl (C=O) groups excluding carboxylic acids is 1. The van der Waals surface area contributed by atoms with Crippen LogP contribution in [0.15, 0.2) is 42.5 Å². The number of carbonyl (C=O) groups is 1. The van der Waals surface area contributed by atoms with Crippen molar-refractivity contribution in [3.05, 3.63) is 59.4 Å². The van der Waals surface area contributed by atoms with Crippen molar-refractivity contribution in [3.8, 4) is 11.5 Å². The number of aryl methyl sites for hydroxylation is 1. The lowest BCUT2D eigenvalue weighted by Gasteiger charge is -2.28. The van der Waals surface area contributed by atoms with Gasteiger partial charge in [-0.1, -0.05) is 110 Å². The van der Waals surface area contributed by atoms with Gasteiger partial charge in [-0.2, -0.15) is 0 Å². The molecule has 1 aliphatic rings. The second kappa shape index (κ2) is 18.9. The van der Waals surface area contributed by atoms with Gasteiger partial charge in [-0.15, -0.1) is 0 Å². The van der Waals surface area contributed by atoms with E-state index in [0.717, 1.165) is 43.3 Å². The number of esters is 1. The third-order valence-electron chi connectivity index (χ3n) is 8.58. The summed E-state index contributed by atoms with van der Waals surface area (Å²) < 4.78 is 25.9. The number of halogens is 1. The Bertz CT molecular complexity index is 963. The molecular weight excluding hydrogens is 499 g/mol. The summed E-state index contributed by atoms with van der Waals surface area (Å²) in [4.78, 5) is 12.6. The predicted molar refractivity (Wildman–Crippen MR) is 164 cm³/mol. The maximum Gasteiger partial charge on any atom is 0.343 e. The van der Waals surface area contributed by atoms with Crippen LogP contribution in [0, 0.1) is 17.7 Å². The van der Waals surface area contributed by atoms with Crippen LogP contribution < -0.4 is 9.47 Å². The maximum atomic E-state index is 14.6. The van der Waals surface area contributed by atoms with Crippen molar-refractivity contribution in [1.29, 1.82) is 0 Å². The summed E-state index contributed by atoms with van der Waals surface area (Å²) >= 11 is 0. The van der Waals surface area contributed by atoms with Gasteiger partial charge in [-0.3, -0.25) is 0 Å². The summed E-state index contributed by atoms with van der Waals surface area (Å²) in [6.07, 6.45) is 22.5. The second-order valence-electron chi connectivity index (χ2n) is 11.9. The van der Waals surface area contributed by atoms with Gasteiger partial charge in [0.05, 0.1) is 12.2 Å². The molecule has 3 nitrogen and oxygen atoms in total. The average Bonchev–Trinajstić information content (AvgIpc) is 2.97. The van der Waals surface area contributed by atoms with Gasteiger partial charge in [0, 0.05) is 6.07 Å². The number of ether oxygens (including phenoxy) is 2. The van der Waals surface area contributed by atoms with Crippen LogP contribution in [0.5, 0.6) is 11.5 Å². The molecule has 222 valence electrons. The van der Waals surface area contributed by atoms with Gasteiger partial charge in [-0.25, -0.2) is 9.18 Å². The minimum absolute atomic E-state index is 0.237. The highest BCUT2D eigenvalue weighted by Gasteiger charge is 2.20. The molecule has 0 saturated heterocycles. The first-order valence-electron chi connectivity index (χ1n) is 16.3. The molecule has 0 unspecified atom stereocenters. The lowest BCUT2D eigenvalue weighted by atomic mass is 9.78. The highest BCUT2D eigenvalue weighted by atomic mass is 19.1. The molecule has 3 rings (SSSR count). The zero-order valence-corrected chi connectivity index (χ0v) is 25.2. The Morgan fingerprint density at radius 3 is 1.95 bits per heavy atom. The van der Waals surface area contributed by atoms with Crippen molar-refractivity contribution in [2.45, 2.75) is 129 Å². The Morgan fingerprint density at radius 2 is 1.30 bits per heavy atom. The van der Waals surface area contributed by atoms with Crippen LogP contribution in [0.2, 0.25) is 0 Å². The SMILES string of the molecule is CCCCCCCCCc1ccc(OC(=O)c2ccc(OCCC[C@H]3CC[C@H](CCCCC)CC3)cc2)cc1F. The van der Waals surface area contributed by atoms with E-state index >= 15 is 0 Å². The first-order chi connectivity index (χ1) is 19.6. The third kappa shape index (κ3) is 12.0. The second-order valence-corrected chi connectivity index (χ2v) is 11.9. The molecule has 1 aliphatic carbocycles. The molecule has 0 heterocycles. The highest BCUT2D eigenvalue weighted by Crippen LogP contribution is 2.34. The van der Waals surface area contributed by atoms with E-state index in [9.17, 15) is 9.18 Å². The van der Waals surface area contributed by atoms with E-state index < -0.39 is 5.97 Å². The van der Waals surface area contributed by atoms with Crippen LogP contribution >= 0.6 is 0 Å². The van der Waals surface area contributed by atoms with Crippen molar-refractivity contribution >= 4 is 5.97 Å². The molecule has 1 saturated carbocycles. The maximum absolute atomic E-state index is 14.6. The molecule has 0 aromatic heterocycles. The molecule has 1 fully saturated rings. The Labute approximate surface area is 243 Å². The van der Waals surface area contributed by atoms with Crippen LogP contribution in [0.4, 0.5) is 4.39 Å². The number of hydrogen-bond donors (Lipinski definition) is 0. The van der Waals surface area contributed by atoms with Crippen molar-refractivity contribution in [1.82, 2.24) is 0 Å². The summed E-state index contributed by atoms with van der Waals surface area (Å²) in [7, 11) is 0. The van der Waals surface area contributed by atoms with Crippen molar-refractivity contribution in [3.63, 3.8) is 0 Å². The number of rotatable bonds is 19. The lowest BCUT2D eigenvalue weighted by molar-refractivity contribution is 0.0734. The monoisotopic (exact) mass is 552 g/mol. The van der Waals surface area contributed by atoms with Gasteiger partial charge in [0.25, 0.3) is 0 Å². The summed E-state index contributed by atoms with van der Waals surface area (Å²) in [6.45, 7) is 5.20. The molecule has 2 aromatic rings. The molecular formula is C36H53FO3. The minimum Gasteiger partial charge on any atom is -0.494 e. The third-order valence-corrected chi connectivity index (χ3v) is 8.58. The molecule has 0 aliphatic heterocycles. The van der Waals surface area contributed by atoms with Crippen LogP contribution in [0.1, 0.15) is 139 Å². The van der Waals surface area contributed by atoms with Gasteiger partial charge in [0.1, 0.15) is 17.3 Å². The first-order valence-corrected chi connectivity index (χ1v) is 16.3. The van der Waals surface area contributed by atoms with Crippen LogP contribution in [0.3, 0.4) is 0 Å². The Hall–Kier alpha value is -2.36. The van der Waals surface area contributed by atoms with Gasteiger partial charge >= 0.3 is 5.97 Å². The number of unbranched alkanes of at least 4 members (excludes halogenated alkanes) is 8. The molecule has 0 spiro atoms. The molecule has 2 aromatic carbocycles. The number of benzene rings is 2. The fraction of sp³-hybridized carbons (Fsp3) is 0.639. The molecule has 0 amide bonds. The van der Waals surface area contributed by atoms with Gasteiger partial charge in [-0.05, 0) is 73.4 Å². The zero-order chi connectivity index (χ0) is 28.4. The van der Waals surface area contributed by atoms with E-state index in [1.807, 2.05) is 12.1 Å². The fourth-order valence-corrected chi connectivity index (χ4v) is 5.97. The van der Waals surface area contributed by atoms with E-state index in [1.54, 1.807) is 24.3 Å². The van der Waals surface area contributed by atoms with E-state index in [-0.39, 0.29) is 11.6 Å². The lowest BCUT2D eigenvalue weighted by Crippen LogP contribution is -2.15. The van der Waals surface area contributed by atoms with Crippen LogP contribution in [0.25, 0.3) is 0 Å². The minimum atomic E-state index is -0.490. The van der Waals surface area contributed by atoms with E-state index in [0.29, 0.717) is 17.7 Å². The van der Waals surface area contributed by atoms with Crippen molar-refractivity contribution < 1.29 is 18.7 Å². The Balaban J connectivity index is 1.31. The first kappa shape index (κ1) is 32.2. The van der Waals surface area contributed by atoms with E-state index in [2.05, 4.69) is 13.8 Å². The Kier molecular flexibility index (Phi) is 15.2. The normalized spacial score (nSPS) is 17.1. The quantitative estimate of drug-likeness (QED) is 0.0987. The van der Waals surface area contributed by atoms with Gasteiger partial charge in [0.2, 0.25) is 0 Å². The molecule has 0 atom stereocenters. The number of hydrogen-bond acceptors (Lipinski definition) is 3. The summed E-state index contributed by atoms with van der Waals surface area (Å²) in [5.41, 5.74) is 1.11. The molecule has 40 heavy (non-hydrogen) atoms. The highest BCUT2D eigenvalue weighted by molar-refractivity contribution is 5.91. The summed E-state index contributed by atoms with van der Waals surface area (Å²) in [6, 6.07) is 11.8. The van der Waals surface area contributed by atoms with Gasteiger partial charge in [0.15, 0.2) is 0 Å². The molecule has 0 N–H and O–H groups in total. The topological polar surface area (TPSA) is 35.5 Å². The van der Waals surface area contributed by atoms with Crippen LogP contribution in [-0.2, 0) is 6.42 Å². The molecule has 0 radical (unpaired) electrons. The molecule has 0 bridgehead atoms. The standard InChI is InChI=1S/C36H53FO3/c1-3-5-7-8-9-10-12-16-31-21-26-34(28-35(31)37)40-36(38)32-22-24-33(25-23-32)39-27-13-15-30-19-17-29(18-20-30)14-11-6-4-2/h21-26,28-30H,3-20,27H2,1-2H3/t29-,30-. The smallest absolute Gasteiger partial charge is 0.343 e. The summed E-state index contributed by atoms with van der Waals surface area (Å²) in [5, 5.41) is 0. The van der Waals surface area contributed by atoms with E-state index in [1.165, 1.54) is 96.0 Å². The van der Waals surface area contributed by atoms with Gasteiger partial charge < -0.3 is 9.47 Å². The Morgan fingerprint density at radius 1 is 0.725 bits per heavy atom. The molecule has 4 heteroatoms. The van der Waals surface area contributed by atoms with Crippen LogP contribution in [-0.4, -0.2) is 12.6 Å². The van der Waals surface area contributed by atoms with Crippen molar-refractivity contribution in [2.75, 3.05) is 6.61 Å². The van der Waals surface area contributed by atoms with E-state index in [4.69, 9.17) is 9.47 Å². The zero-order valence-electron chi connectivity index (χ0n) is 25.2. The largest absolute Gasteiger partial charge is 0.494 e. The fourth-order valence-electron chi connectivity index (χ4n) is 5.97. The summed E-state index contributed by atoms with van der Waals surface area (Å²) in [5.74, 6) is 2.01. The van der Waals surface area contributed by atoms with Crippen molar-refractivity contribution in [2.24, 2.45) is 11.8 Å². The average molecular weight is 553 g/mol.